The fourth-order valence-corrected chi connectivity index (χ4v) is 3.18. The van der Waals surface area contributed by atoms with Gasteiger partial charge in [-0.05, 0) is 85.3 Å². The minimum atomic E-state index is -0.439. The number of ether oxygens (including phenoxy) is 2. The molecule has 0 fully saturated rings. The Balaban J connectivity index is 1.60. The Hall–Kier alpha value is -2.70. The lowest BCUT2D eigenvalue weighted by atomic mass is 10.2. The van der Waals surface area contributed by atoms with Crippen molar-refractivity contribution < 1.29 is 19.1 Å². The van der Waals surface area contributed by atoms with E-state index in [1.54, 1.807) is 72.1 Å². The maximum absolute atomic E-state index is 12.2. The molecule has 4 nitrogen and oxygen atoms in total. The molecule has 142 valence electrons. The van der Waals surface area contributed by atoms with Crippen LogP contribution in [-0.4, -0.2) is 24.5 Å². The van der Waals surface area contributed by atoms with Crippen LogP contribution in [0.4, 0.5) is 0 Å². The molecule has 0 bridgehead atoms. The van der Waals surface area contributed by atoms with Gasteiger partial charge in [0.05, 0.1) is 11.1 Å². The number of esters is 2. The van der Waals surface area contributed by atoms with Gasteiger partial charge < -0.3 is 9.47 Å². The molecule has 0 N–H and O–H groups in total. The summed E-state index contributed by atoms with van der Waals surface area (Å²) < 4.78 is 10.7. The summed E-state index contributed by atoms with van der Waals surface area (Å²) in [5, 5.41) is 0. The smallest absolute Gasteiger partial charge is 0.343 e. The van der Waals surface area contributed by atoms with Crippen LogP contribution < -0.4 is 9.47 Å². The lowest BCUT2D eigenvalue weighted by molar-refractivity contribution is 0.0719. The summed E-state index contributed by atoms with van der Waals surface area (Å²) in [4.78, 5) is 26.5. The summed E-state index contributed by atoms with van der Waals surface area (Å²) in [6, 6.07) is 20.8. The average molecular weight is 411 g/mol. The highest BCUT2D eigenvalue weighted by Crippen LogP contribution is 2.21. The zero-order valence-corrected chi connectivity index (χ0v) is 17.0. The predicted octanol–water partition coefficient (Wildman–Crippen LogP) is 5.57. The van der Waals surface area contributed by atoms with E-state index in [-0.39, 0.29) is 0 Å². The molecule has 0 heterocycles. The monoisotopic (exact) mass is 410 g/mol. The molecule has 0 radical (unpaired) electrons. The van der Waals surface area contributed by atoms with Crippen molar-refractivity contribution in [3.8, 4) is 11.5 Å². The maximum atomic E-state index is 12.2. The van der Waals surface area contributed by atoms with Crippen molar-refractivity contribution in [2.75, 3.05) is 12.5 Å². The van der Waals surface area contributed by atoms with E-state index < -0.39 is 11.9 Å². The molecule has 0 saturated carbocycles. The highest BCUT2D eigenvalue weighted by atomic mass is 32.2. The minimum absolute atomic E-state index is 0.378. The Kier molecular flexibility index (Phi) is 6.79. The number of hydrogen-bond donors (Lipinski definition) is 0. The number of thioether (sulfide) groups is 2. The van der Waals surface area contributed by atoms with Crippen molar-refractivity contribution in [2.45, 2.75) is 9.79 Å². The van der Waals surface area contributed by atoms with Crippen LogP contribution >= 0.6 is 23.5 Å². The zero-order chi connectivity index (χ0) is 19.9. The van der Waals surface area contributed by atoms with E-state index >= 15 is 0 Å². The molecule has 0 aliphatic carbocycles. The van der Waals surface area contributed by atoms with Gasteiger partial charge in [0.2, 0.25) is 0 Å². The molecule has 0 unspecified atom stereocenters. The molecule has 0 saturated heterocycles. The first-order chi connectivity index (χ1) is 13.6. The van der Waals surface area contributed by atoms with Gasteiger partial charge in [0.1, 0.15) is 11.5 Å². The zero-order valence-electron chi connectivity index (χ0n) is 15.4. The van der Waals surface area contributed by atoms with Crippen LogP contribution in [0.15, 0.2) is 82.6 Å². The van der Waals surface area contributed by atoms with Crippen molar-refractivity contribution in [1.29, 1.82) is 0 Å². The second kappa shape index (κ2) is 9.48. The summed E-state index contributed by atoms with van der Waals surface area (Å²) in [6.45, 7) is 0. The van der Waals surface area contributed by atoms with Gasteiger partial charge in [0, 0.05) is 9.79 Å². The van der Waals surface area contributed by atoms with Gasteiger partial charge in [-0.15, -0.1) is 23.5 Å². The number of hydrogen-bond acceptors (Lipinski definition) is 6. The highest BCUT2D eigenvalue weighted by molar-refractivity contribution is 7.98. The summed E-state index contributed by atoms with van der Waals surface area (Å²) in [5.74, 6) is -0.122. The second-order valence-electron chi connectivity index (χ2n) is 5.71. The van der Waals surface area contributed by atoms with Crippen molar-refractivity contribution >= 4 is 35.5 Å². The molecule has 3 aromatic rings. The van der Waals surface area contributed by atoms with Crippen LogP contribution in [-0.2, 0) is 0 Å². The van der Waals surface area contributed by atoms with Gasteiger partial charge in [-0.3, -0.25) is 0 Å². The second-order valence-corrected chi connectivity index (χ2v) is 7.47. The molecular weight excluding hydrogens is 392 g/mol. The first kappa shape index (κ1) is 20.0. The van der Waals surface area contributed by atoms with Gasteiger partial charge in [-0.1, -0.05) is 0 Å². The highest BCUT2D eigenvalue weighted by Gasteiger charge is 2.11. The van der Waals surface area contributed by atoms with Crippen LogP contribution in [0.3, 0.4) is 0 Å². The minimum Gasteiger partial charge on any atom is -0.423 e. The summed E-state index contributed by atoms with van der Waals surface area (Å²) in [7, 11) is 0. The summed E-state index contributed by atoms with van der Waals surface area (Å²) >= 11 is 3.21. The molecule has 0 atom stereocenters. The van der Waals surface area contributed by atoms with E-state index in [1.165, 1.54) is 0 Å². The lowest BCUT2D eigenvalue weighted by Crippen LogP contribution is -2.09. The topological polar surface area (TPSA) is 52.6 Å². The van der Waals surface area contributed by atoms with E-state index in [4.69, 9.17) is 9.47 Å². The van der Waals surface area contributed by atoms with E-state index in [9.17, 15) is 9.59 Å². The van der Waals surface area contributed by atoms with Crippen molar-refractivity contribution in [3.05, 3.63) is 83.9 Å². The number of carbonyl (C=O) groups is 2. The largest absolute Gasteiger partial charge is 0.423 e. The third-order valence-electron chi connectivity index (χ3n) is 3.90. The van der Waals surface area contributed by atoms with Gasteiger partial charge in [0.15, 0.2) is 0 Å². The SMILES string of the molecule is CSc1ccc(C(=O)Oc2ccc(OC(=O)c3ccc(SC)cc3)cc2)cc1. The van der Waals surface area contributed by atoms with Crippen LogP contribution in [0.5, 0.6) is 11.5 Å². The number of benzene rings is 3. The molecule has 0 aromatic heterocycles. The van der Waals surface area contributed by atoms with Crippen LogP contribution in [0, 0.1) is 0 Å². The Morgan fingerprint density at radius 2 is 0.893 bits per heavy atom. The fraction of sp³-hybridized carbons (Fsp3) is 0.0909. The van der Waals surface area contributed by atoms with Crippen LogP contribution in [0.2, 0.25) is 0 Å². The molecular formula is C22H18O4S2. The number of rotatable bonds is 6. The van der Waals surface area contributed by atoms with E-state index in [2.05, 4.69) is 0 Å². The summed E-state index contributed by atoms with van der Waals surface area (Å²) in [5.41, 5.74) is 0.948. The first-order valence-electron chi connectivity index (χ1n) is 8.41. The van der Waals surface area contributed by atoms with Crippen molar-refractivity contribution in [3.63, 3.8) is 0 Å². The third kappa shape index (κ3) is 5.18. The number of carbonyl (C=O) groups excluding carboxylic acids is 2. The molecule has 0 aliphatic rings. The molecule has 3 rings (SSSR count). The third-order valence-corrected chi connectivity index (χ3v) is 5.38. The van der Waals surface area contributed by atoms with E-state index in [0.717, 1.165) is 9.79 Å². The molecule has 0 aliphatic heterocycles. The van der Waals surface area contributed by atoms with Gasteiger partial charge in [-0.25, -0.2) is 9.59 Å². The Morgan fingerprint density at radius 1 is 0.571 bits per heavy atom. The molecule has 0 amide bonds. The Morgan fingerprint density at radius 3 is 1.18 bits per heavy atom. The van der Waals surface area contributed by atoms with Gasteiger partial charge >= 0.3 is 11.9 Å². The van der Waals surface area contributed by atoms with Crippen LogP contribution in [0.1, 0.15) is 20.7 Å². The van der Waals surface area contributed by atoms with Crippen molar-refractivity contribution in [1.82, 2.24) is 0 Å². The molecule has 0 spiro atoms. The van der Waals surface area contributed by atoms with Gasteiger partial charge in [0.25, 0.3) is 0 Å². The van der Waals surface area contributed by atoms with E-state index in [1.807, 2.05) is 36.8 Å². The van der Waals surface area contributed by atoms with Gasteiger partial charge in [-0.2, -0.15) is 0 Å². The molecule has 6 heteroatoms. The predicted molar refractivity (Wildman–Crippen MR) is 113 cm³/mol. The average Bonchev–Trinajstić information content (AvgIpc) is 2.75. The van der Waals surface area contributed by atoms with E-state index in [0.29, 0.717) is 22.6 Å². The Labute approximate surface area is 172 Å². The Bertz CT molecular complexity index is 869. The summed E-state index contributed by atoms with van der Waals surface area (Å²) in [6.07, 6.45) is 3.95. The standard InChI is InChI=1S/C22H18O4S2/c1-27-19-11-3-15(4-12-19)21(23)25-17-7-9-18(10-8-17)26-22(24)16-5-13-20(28-2)14-6-16/h3-14H,1-2H3. The maximum Gasteiger partial charge on any atom is 0.343 e. The van der Waals surface area contributed by atoms with Crippen LogP contribution in [0.25, 0.3) is 0 Å². The van der Waals surface area contributed by atoms with Crippen molar-refractivity contribution in [2.24, 2.45) is 0 Å². The molecule has 28 heavy (non-hydrogen) atoms. The molecule has 3 aromatic carbocycles. The quantitative estimate of drug-likeness (QED) is 0.301. The lowest BCUT2D eigenvalue weighted by Gasteiger charge is -2.07. The fourth-order valence-electron chi connectivity index (χ4n) is 2.36. The normalized spacial score (nSPS) is 10.4. The first-order valence-corrected chi connectivity index (χ1v) is 10.9.